The Bertz CT molecular complexity index is 359. The standard InChI is InChI=1S/C12H16O3S/c1-3-16(14)9-8-12(13)10-4-6-11(15-2)7-5-10/h3-7,12-13H,1,8-9H2,2H3. The Labute approximate surface area is 98.2 Å². The van der Waals surface area contributed by atoms with E-state index in [1.807, 2.05) is 0 Å². The van der Waals surface area contributed by atoms with Gasteiger partial charge in [0.05, 0.1) is 13.2 Å². The van der Waals surface area contributed by atoms with Crippen molar-refractivity contribution in [1.82, 2.24) is 0 Å². The zero-order valence-electron chi connectivity index (χ0n) is 9.26. The van der Waals surface area contributed by atoms with Gasteiger partial charge in [0.2, 0.25) is 0 Å². The summed E-state index contributed by atoms with van der Waals surface area (Å²) in [7, 11) is 0.548. The molecule has 0 spiro atoms. The van der Waals surface area contributed by atoms with Gasteiger partial charge in [0.15, 0.2) is 0 Å². The summed E-state index contributed by atoms with van der Waals surface area (Å²) in [6.07, 6.45) is -0.125. The largest absolute Gasteiger partial charge is 0.497 e. The van der Waals surface area contributed by atoms with Crippen LogP contribution in [0.4, 0.5) is 0 Å². The van der Waals surface area contributed by atoms with Crippen LogP contribution in [0, 0.1) is 0 Å². The van der Waals surface area contributed by atoms with Gasteiger partial charge in [-0.25, -0.2) is 0 Å². The van der Waals surface area contributed by atoms with E-state index >= 15 is 0 Å². The maximum absolute atomic E-state index is 11.1. The van der Waals surface area contributed by atoms with Crippen LogP contribution in [-0.2, 0) is 10.8 Å². The fraction of sp³-hybridized carbons (Fsp3) is 0.333. The van der Waals surface area contributed by atoms with Crippen LogP contribution in [-0.4, -0.2) is 22.2 Å². The molecule has 1 aromatic carbocycles. The van der Waals surface area contributed by atoms with Crippen molar-refractivity contribution in [3.63, 3.8) is 0 Å². The molecule has 2 atom stereocenters. The molecule has 88 valence electrons. The van der Waals surface area contributed by atoms with Crippen LogP contribution in [0.5, 0.6) is 5.75 Å². The highest BCUT2D eigenvalue weighted by Gasteiger charge is 2.08. The number of hydrogen-bond donors (Lipinski definition) is 1. The highest BCUT2D eigenvalue weighted by Crippen LogP contribution is 2.20. The summed E-state index contributed by atoms with van der Waals surface area (Å²) in [4.78, 5) is 0. The first kappa shape index (κ1) is 12.9. The monoisotopic (exact) mass is 240 g/mol. The van der Waals surface area contributed by atoms with E-state index in [-0.39, 0.29) is 0 Å². The first-order valence-electron chi connectivity index (χ1n) is 4.99. The minimum Gasteiger partial charge on any atom is -0.497 e. The van der Waals surface area contributed by atoms with E-state index in [1.165, 1.54) is 5.41 Å². The fourth-order valence-electron chi connectivity index (χ4n) is 1.30. The number of aliphatic hydroxyl groups is 1. The molecule has 0 fully saturated rings. The second kappa shape index (κ2) is 6.45. The molecule has 0 aliphatic carbocycles. The normalized spacial score (nSPS) is 14.1. The number of benzene rings is 1. The zero-order valence-corrected chi connectivity index (χ0v) is 10.1. The van der Waals surface area contributed by atoms with E-state index < -0.39 is 16.9 Å². The maximum Gasteiger partial charge on any atom is 0.118 e. The van der Waals surface area contributed by atoms with Gasteiger partial charge in [0.25, 0.3) is 0 Å². The molecule has 0 aliphatic heterocycles. The molecule has 0 amide bonds. The molecule has 0 aliphatic rings. The number of ether oxygens (including phenoxy) is 1. The van der Waals surface area contributed by atoms with Gasteiger partial charge in [-0.1, -0.05) is 18.7 Å². The quantitative estimate of drug-likeness (QED) is 0.827. The van der Waals surface area contributed by atoms with Gasteiger partial charge in [-0.2, -0.15) is 0 Å². The lowest BCUT2D eigenvalue weighted by Gasteiger charge is -2.10. The molecule has 0 radical (unpaired) electrons. The van der Waals surface area contributed by atoms with Gasteiger partial charge >= 0.3 is 0 Å². The summed E-state index contributed by atoms with van der Waals surface area (Å²) in [6.45, 7) is 3.44. The highest BCUT2D eigenvalue weighted by atomic mass is 32.2. The fourth-order valence-corrected chi connectivity index (χ4v) is 1.93. The molecular formula is C12H16O3S. The topological polar surface area (TPSA) is 46.5 Å². The minimum absolute atomic E-state index is 0.427. The van der Waals surface area contributed by atoms with Crippen LogP contribution in [0.1, 0.15) is 18.1 Å². The van der Waals surface area contributed by atoms with Crippen molar-refractivity contribution in [3.8, 4) is 5.75 Å². The van der Waals surface area contributed by atoms with Crippen molar-refractivity contribution in [2.75, 3.05) is 12.9 Å². The van der Waals surface area contributed by atoms with Gasteiger partial charge in [-0.05, 0) is 29.5 Å². The SMILES string of the molecule is C=CS(=O)CCC(O)c1ccc(OC)cc1. The molecule has 0 aromatic heterocycles. The minimum atomic E-state index is -1.05. The molecule has 1 N–H and O–H groups in total. The Hall–Kier alpha value is -1.13. The van der Waals surface area contributed by atoms with Crippen LogP contribution in [0.25, 0.3) is 0 Å². The van der Waals surface area contributed by atoms with Crippen molar-refractivity contribution in [2.24, 2.45) is 0 Å². The number of aliphatic hydroxyl groups excluding tert-OH is 1. The van der Waals surface area contributed by atoms with E-state index in [2.05, 4.69) is 6.58 Å². The number of hydrogen-bond acceptors (Lipinski definition) is 3. The summed E-state index contributed by atoms with van der Waals surface area (Å²) >= 11 is 0. The van der Waals surface area contributed by atoms with Crippen LogP contribution in [0.15, 0.2) is 36.3 Å². The van der Waals surface area contributed by atoms with Gasteiger partial charge in [-0.15, -0.1) is 0 Å². The van der Waals surface area contributed by atoms with E-state index in [9.17, 15) is 9.32 Å². The van der Waals surface area contributed by atoms with E-state index in [0.29, 0.717) is 12.2 Å². The highest BCUT2D eigenvalue weighted by molar-refractivity contribution is 7.87. The molecule has 3 nitrogen and oxygen atoms in total. The molecule has 2 unspecified atom stereocenters. The lowest BCUT2D eigenvalue weighted by molar-refractivity contribution is 0.174. The lowest BCUT2D eigenvalue weighted by Crippen LogP contribution is -2.03. The Morgan fingerprint density at radius 2 is 2.12 bits per heavy atom. The summed E-state index contributed by atoms with van der Waals surface area (Å²) < 4.78 is 16.1. The molecule has 0 heterocycles. The third-order valence-corrected chi connectivity index (χ3v) is 3.29. The maximum atomic E-state index is 11.1. The third-order valence-electron chi connectivity index (χ3n) is 2.28. The van der Waals surface area contributed by atoms with Gasteiger partial charge in [0.1, 0.15) is 5.75 Å². The Balaban J connectivity index is 2.55. The molecular weight excluding hydrogens is 224 g/mol. The number of methoxy groups -OCH3 is 1. The second-order valence-corrected chi connectivity index (χ2v) is 4.83. The van der Waals surface area contributed by atoms with Crippen molar-refractivity contribution in [1.29, 1.82) is 0 Å². The molecule has 0 saturated carbocycles. The molecule has 0 saturated heterocycles. The zero-order chi connectivity index (χ0) is 12.0. The van der Waals surface area contributed by atoms with Crippen LogP contribution < -0.4 is 4.74 Å². The van der Waals surface area contributed by atoms with Crippen molar-refractivity contribution >= 4 is 10.8 Å². The van der Waals surface area contributed by atoms with Gasteiger partial charge in [0, 0.05) is 16.6 Å². The number of rotatable bonds is 6. The average Bonchev–Trinajstić information content (AvgIpc) is 2.35. The molecule has 4 heteroatoms. The predicted molar refractivity (Wildman–Crippen MR) is 65.8 cm³/mol. The molecule has 16 heavy (non-hydrogen) atoms. The van der Waals surface area contributed by atoms with Crippen molar-refractivity contribution < 1.29 is 14.1 Å². The van der Waals surface area contributed by atoms with Crippen LogP contribution >= 0.6 is 0 Å². The lowest BCUT2D eigenvalue weighted by atomic mass is 10.1. The predicted octanol–water partition coefficient (Wildman–Crippen LogP) is 2.01. The molecule has 1 aromatic rings. The Morgan fingerprint density at radius 1 is 1.50 bits per heavy atom. The summed E-state index contributed by atoms with van der Waals surface area (Å²) in [5.74, 6) is 1.18. The average molecular weight is 240 g/mol. The van der Waals surface area contributed by atoms with Crippen LogP contribution in [0.2, 0.25) is 0 Å². The van der Waals surface area contributed by atoms with Crippen molar-refractivity contribution in [3.05, 3.63) is 41.8 Å². The first-order valence-corrected chi connectivity index (χ1v) is 6.37. The first-order chi connectivity index (χ1) is 7.67. The molecule has 1 rings (SSSR count). The summed E-state index contributed by atoms with van der Waals surface area (Å²) in [5.41, 5.74) is 0.807. The Morgan fingerprint density at radius 3 is 2.62 bits per heavy atom. The van der Waals surface area contributed by atoms with Gasteiger partial charge < -0.3 is 9.84 Å². The van der Waals surface area contributed by atoms with E-state index in [1.54, 1.807) is 31.4 Å². The summed E-state index contributed by atoms with van der Waals surface area (Å²) in [5, 5.41) is 11.2. The molecule has 0 bridgehead atoms. The second-order valence-electron chi connectivity index (χ2n) is 3.33. The summed E-state index contributed by atoms with van der Waals surface area (Å²) in [6, 6.07) is 7.20. The van der Waals surface area contributed by atoms with Crippen LogP contribution in [0.3, 0.4) is 0 Å². The third kappa shape index (κ3) is 3.79. The van der Waals surface area contributed by atoms with Gasteiger partial charge in [-0.3, -0.25) is 4.21 Å². The Kier molecular flexibility index (Phi) is 5.22. The van der Waals surface area contributed by atoms with E-state index in [4.69, 9.17) is 4.74 Å². The van der Waals surface area contributed by atoms with E-state index in [0.717, 1.165) is 11.3 Å². The van der Waals surface area contributed by atoms with Crippen molar-refractivity contribution in [2.45, 2.75) is 12.5 Å². The smallest absolute Gasteiger partial charge is 0.118 e.